The molecule has 38 heavy (non-hydrogen) atoms. The van der Waals surface area contributed by atoms with Crippen molar-refractivity contribution in [3.8, 4) is 5.75 Å². The predicted octanol–water partition coefficient (Wildman–Crippen LogP) is 7.42. The lowest BCUT2D eigenvalue weighted by Gasteiger charge is -2.57. The summed E-state index contributed by atoms with van der Waals surface area (Å²) in [7, 11) is 0. The highest BCUT2D eigenvalue weighted by Crippen LogP contribution is 2.66. The monoisotopic (exact) mass is 534 g/mol. The Balaban J connectivity index is 1.40. The molecule has 2 aromatic rings. The molecule has 0 spiro atoms. The van der Waals surface area contributed by atoms with Crippen LogP contribution in [-0.4, -0.2) is 29.4 Å². The molecule has 3 fully saturated rings. The van der Waals surface area contributed by atoms with E-state index in [9.17, 15) is 14.7 Å². The van der Waals surface area contributed by atoms with Crippen molar-refractivity contribution in [1.82, 2.24) is 0 Å². The average Bonchev–Trinajstić information content (AvgIpc) is 3.17. The fourth-order valence-electron chi connectivity index (χ4n) is 8.55. The van der Waals surface area contributed by atoms with E-state index in [2.05, 4.69) is 26.0 Å². The van der Waals surface area contributed by atoms with Gasteiger partial charge in [0.2, 0.25) is 5.78 Å². The SMILES string of the molecule is C/C=C\C1(C)/C(=C\C=O)CCC2C1CCC1(C)C2CC[C@]1(O)C(=O)COc1c(Cl)cc(C)c2ccccc12. The van der Waals surface area contributed by atoms with Crippen molar-refractivity contribution in [2.75, 3.05) is 6.61 Å². The molecule has 2 aromatic carbocycles. The van der Waals surface area contributed by atoms with Gasteiger partial charge in [0.05, 0.1) is 5.02 Å². The molecule has 3 aliphatic rings. The Morgan fingerprint density at radius 2 is 1.84 bits per heavy atom. The molecule has 5 unspecified atom stereocenters. The molecule has 1 N–H and O–H groups in total. The summed E-state index contributed by atoms with van der Waals surface area (Å²) < 4.78 is 6.09. The second-order valence-corrected chi connectivity index (χ2v) is 12.6. The number of hydrogen-bond donors (Lipinski definition) is 1. The minimum absolute atomic E-state index is 0.170. The summed E-state index contributed by atoms with van der Waals surface area (Å²) in [4.78, 5) is 25.2. The Kier molecular flexibility index (Phi) is 7.11. The maximum atomic E-state index is 13.8. The topological polar surface area (TPSA) is 63.6 Å². The number of Topliss-reactive ketones (excluding diaryl/α,β-unsaturated/α-hetero) is 1. The van der Waals surface area contributed by atoms with Crippen LogP contribution in [0.25, 0.3) is 10.8 Å². The van der Waals surface area contributed by atoms with Crippen molar-refractivity contribution in [2.24, 2.45) is 28.6 Å². The number of hydrogen-bond acceptors (Lipinski definition) is 4. The number of carbonyl (C=O) groups is 2. The summed E-state index contributed by atoms with van der Waals surface area (Å²) in [6.07, 6.45) is 11.9. The standard InChI is InChI=1S/C33H39ClO4/c1-5-15-31(3)22(14-18-35)10-11-25-26(31)12-16-32(4)27(25)13-17-33(32,37)29(36)20-38-30-24-9-7-6-8-23(24)21(2)19-28(30)34/h5-9,14-15,18-19,25-27,37H,10-13,16-17,20H2,1-4H3/b15-5-,22-14-/t25?,26?,27?,31?,32?,33-/m0/s1. The molecule has 0 bridgehead atoms. The Labute approximate surface area is 231 Å². The number of aryl methyl sites for hydroxylation is 1. The molecule has 0 heterocycles. The summed E-state index contributed by atoms with van der Waals surface area (Å²) in [5, 5.41) is 14.4. The molecule has 0 radical (unpaired) electrons. The van der Waals surface area contributed by atoms with E-state index in [0.717, 1.165) is 54.7 Å². The van der Waals surface area contributed by atoms with Gasteiger partial charge in [-0.05, 0) is 93.2 Å². The number of rotatable bonds is 6. The highest BCUT2D eigenvalue weighted by Gasteiger charge is 2.65. The van der Waals surface area contributed by atoms with Crippen LogP contribution in [0.5, 0.6) is 5.75 Å². The molecule has 0 aromatic heterocycles. The highest BCUT2D eigenvalue weighted by atomic mass is 35.5. The molecule has 0 amide bonds. The number of aliphatic hydroxyl groups is 1. The van der Waals surface area contributed by atoms with Gasteiger partial charge in [-0.1, -0.05) is 67.4 Å². The molecule has 3 aliphatic carbocycles. The van der Waals surface area contributed by atoms with E-state index in [1.54, 1.807) is 6.08 Å². The van der Waals surface area contributed by atoms with Gasteiger partial charge in [0.25, 0.3) is 0 Å². The van der Waals surface area contributed by atoms with Gasteiger partial charge in [0, 0.05) is 16.2 Å². The van der Waals surface area contributed by atoms with Gasteiger partial charge in [-0.15, -0.1) is 0 Å². The van der Waals surface area contributed by atoms with E-state index < -0.39 is 11.0 Å². The molecule has 0 saturated heterocycles. The largest absolute Gasteiger partial charge is 0.483 e. The summed E-state index contributed by atoms with van der Waals surface area (Å²) in [6, 6.07) is 9.75. The molecule has 5 rings (SSSR count). The lowest BCUT2D eigenvalue weighted by Crippen LogP contribution is -2.58. The molecule has 202 valence electrons. The Morgan fingerprint density at radius 3 is 2.55 bits per heavy atom. The van der Waals surface area contributed by atoms with Crippen LogP contribution in [0.1, 0.15) is 64.9 Å². The van der Waals surface area contributed by atoms with Gasteiger partial charge in [-0.2, -0.15) is 0 Å². The first kappa shape index (κ1) is 27.1. The first-order chi connectivity index (χ1) is 18.1. The minimum atomic E-state index is -1.43. The number of aldehydes is 1. The average molecular weight is 535 g/mol. The van der Waals surface area contributed by atoms with Crippen LogP contribution in [0.15, 0.2) is 54.1 Å². The summed E-state index contributed by atoms with van der Waals surface area (Å²) in [5.41, 5.74) is 0.156. The van der Waals surface area contributed by atoms with Crippen LogP contribution in [0, 0.1) is 35.5 Å². The number of benzene rings is 2. The Morgan fingerprint density at radius 1 is 1.13 bits per heavy atom. The number of allylic oxidation sites excluding steroid dienone is 4. The van der Waals surface area contributed by atoms with Gasteiger partial charge < -0.3 is 9.84 Å². The Hall–Kier alpha value is -2.43. The summed E-state index contributed by atoms with van der Waals surface area (Å²) in [6.45, 7) is 8.22. The number of carbonyl (C=O) groups excluding carboxylic acids is 2. The van der Waals surface area contributed by atoms with E-state index in [1.165, 1.54) is 5.57 Å². The van der Waals surface area contributed by atoms with Crippen molar-refractivity contribution in [3.63, 3.8) is 0 Å². The fraction of sp³-hybridized carbons (Fsp3) is 0.515. The molecule has 4 nitrogen and oxygen atoms in total. The van der Waals surface area contributed by atoms with Crippen LogP contribution in [0.4, 0.5) is 0 Å². The zero-order valence-corrected chi connectivity index (χ0v) is 23.7. The maximum absolute atomic E-state index is 13.8. The van der Waals surface area contributed by atoms with E-state index in [-0.39, 0.29) is 23.7 Å². The van der Waals surface area contributed by atoms with Crippen molar-refractivity contribution in [2.45, 2.75) is 71.8 Å². The van der Waals surface area contributed by atoms with Crippen LogP contribution in [0.3, 0.4) is 0 Å². The molecule has 3 saturated carbocycles. The summed E-state index contributed by atoms with van der Waals surface area (Å²) in [5.74, 6) is 1.29. The summed E-state index contributed by atoms with van der Waals surface area (Å²) >= 11 is 6.56. The molecular weight excluding hydrogens is 496 g/mol. The quantitative estimate of drug-likeness (QED) is 0.238. The van der Waals surface area contributed by atoms with Crippen molar-refractivity contribution < 1.29 is 19.4 Å². The fourth-order valence-corrected chi connectivity index (χ4v) is 8.87. The van der Waals surface area contributed by atoms with E-state index in [0.29, 0.717) is 29.0 Å². The van der Waals surface area contributed by atoms with Gasteiger partial charge in [-0.25, -0.2) is 0 Å². The predicted molar refractivity (Wildman–Crippen MR) is 152 cm³/mol. The van der Waals surface area contributed by atoms with Crippen LogP contribution in [0.2, 0.25) is 5.02 Å². The van der Waals surface area contributed by atoms with E-state index in [4.69, 9.17) is 16.3 Å². The molecule has 6 atom stereocenters. The van der Waals surface area contributed by atoms with E-state index in [1.807, 2.05) is 44.2 Å². The number of fused-ring (bicyclic) bond motifs is 4. The van der Waals surface area contributed by atoms with Crippen LogP contribution >= 0.6 is 11.6 Å². The first-order valence-electron chi connectivity index (χ1n) is 14.0. The third kappa shape index (κ3) is 3.98. The van der Waals surface area contributed by atoms with E-state index >= 15 is 0 Å². The lowest BCUT2D eigenvalue weighted by atomic mass is 9.47. The zero-order valence-electron chi connectivity index (χ0n) is 22.9. The normalized spacial score (nSPS) is 35.8. The van der Waals surface area contributed by atoms with Crippen LogP contribution < -0.4 is 4.74 Å². The van der Waals surface area contributed by atoms with Crippen molar-refractivity contribution >= 4 is 34.4 Å². The van der Waals surface area contributed by atoms with Gasteiger partial charge in [0.15, 0.2) is 0 Å². The number of halogens is 1. The van der Waals surface area contributed by atoms with Crippen molar-refractivity contribution in [1.29, 1.82) is 0 Å². The third-order valence-corrected chi connectivity index (χ3v) is 10.8. The van der Waals surface area contributed by atoms with Gasteiger partial charge in [-0.3, -0.25) is 9.59 Å². The second kappa shape index (κ2) is 9.95. The smallest absolute Gasteiger partial charge is 0.202 e. The van der Waals surface area contributed by atoms with Crippen LogP contribution in [-0.2, 0) is 9.59 Å². The highest BCUT2D eigenvalue weighted by molar-refractivity contribution is 6.33. The third-order valence-electron chi connectivity index (χ3n) is 10.5. The zero-order chi connectivity index (χ0) is 27.3. The molecule has 0 aliphatic heterocycles. The lowest BCUT2D eigenvalue weighted by molar-refractivity contribution is -0.162. The molecule has 5 heteroatoms. The first-order valence-corrected chi connectivity index (χ1v) is 14.3. The minimum Gasteiger partial charge on any atom is -0.483 e. The van der Waals surface area contributed by atoms with Gasteiger partial charge >= 0.3 is 0 Å². The Bertz CT molecular complexity index is 1330. The van der Waals surface area contributed by atoms with Gasteiger partial charge in [0.1, 0.15) is 24.2 Å². The number of ketones is 1. The molecular formula is C33H39ClO4. The maximum Gasteiger partial charge on any atom is 0.202 e. The number of ether oxygens (including phenoxy) is 1. The second-order valence-electron chi connectivity index (χ2n) is 12.1. The van der Waals surface area contributed by atoms with Crippen molar-refractivity contribution in [3.05, 3.63) is 64.7 Å².